The van der Waals surface area contributed by atoms with Gasteiger partial charge in [0.25, 0.3) is 0 Å². The van der Waals surface area contributed by atoms with Crippen LogP contribution >= 0.6 is 11.6 Å². The predicted octanol–water partition coefficient (Wildman–Crippen LogP) is 4.19. The average Bonchev–Trinajstić information content (AvgIpc) is 2.72. The Hall–Kier alpha value is -2.34. The molecule has 0 amide bonds. The zero-order valence-corrected chi connectivity index (χ0v) is 16.3. The van der Waals surface area contributed by atoms with E-state index in [4.69, 9.17) is 16.3 Å². The van der Waals surface area contributed by atoms with Crippen molar-refractivity contribution in [3.8, 4) is 5.75 Å². The Morgan fingerprint density at radius 3 is 2.59 bits per heavy atom. The average molecular weight is 389 g/mol. The van der Waals surface area contributed by atoms with Gasteiger partial charge in [0.1, 0.15) is 12.9 Å². The van der Waals surface area contributed by atoms with E-state index in [0.717, 1.165) is 49.2 Å². The Bertz CT molecular complexity index is 714. The standard InChI is InChI=1S/C20H25ClN4O2/c1-26-22-15-17-4-6-18(7-5-17)27-14-2-3-16-10-12-25(13-11-16)20-9-8-19(21)23-24-20/h4-9,15-16H,2-3,10-14H2,1H3/b22-15+. The molecule has 1 saturated heterocycles. The fourth-order valence-corrected chi connectivity index (χ4v) is 3.35. The normalized spacial score (nSPS) is 15.3. The molecule has 0 N–H and O–H groups in total. The highest BCUT2D eigenvalue weighted by atomic mass is 35.5. The molecule has 2 heterocycles. The summed E-state index contributed by atoms with van der Waals surface area (Å²) in [5.74, 6) is 2.55. The zero-order valence-electron chi connectivity index (χ0n) is 15.6. The van der Waals surface area contributed by atoms with Crippen LogP contribution in [0.5, 0.6) is 5.75 Å². The Labute approximate surface area is 165 Å². The molecular formula is C20H25ClN4O2. The SMILES string of the molecule is CO/N=C/c1ccc(OCCCC2CCN(c3ccc(Cl)nn3)CC2)cc1. The molecule has 6 nitrogen and oxygen atoms in total. The number of nitrogens with zero attached hydrogens (tertiary/aromatic N) is 4. The quantitative estimate of drug-likeness (QED) is 0.385. The van der Waals surface area contributed by atoms with Crippen molar-refractivity contribution in [1.29, 1.82) is 0 Å². The van der Waals surface area contributed by atoms with Crippen LogP contribution in [0.15, 0.2) is 41.6 Å². The highest BCUT2D eigenvalue weighted by molar-refractivity contribution is 6.29. The molecule has 1 aliphatic heterocycles. The first-order valence-corrected chi connectivity index (χ1v) is 9.66. The van der Waals surface area contributed by atoms with Crippen LogP contribution in [0.2, 0.25) is 5.15 Å². The fourth-order valence-electron chi connectivity index (χ4n) is 3.25. The van der Waals surface area contributed by atoms with Crippen molar-refractivity contribution in [1.82, 2.24) is 10.2 Å². The maximum Gasteiger partial charge on any atom is 0.151 e. The van der Waals surface area contributed by atoms with Crippen molar-refractivity contribution in [2.45, 2.75) is 25.7 Å². The van der Waals surface area contributed by atoms with E-state index in [0.29, 0.717) is 5.15 Å². The molecule has 144 valence electrons. The number of halogens is 1. The number of piperidine rings is 1. The monoisotopic (exact) mass is 388 g/mol. The van der Waals surface area contributed by atoms with Crippen LogP contribution in [-0.2, 0) is 4.84 Å². The third-order valence-electron chi connectivity index (χ3n) is 4.77. The van der Waals surface area contributed by atoms with Gasteiger partial charge in [0.05, 0.1) is 12.8 Å². The second kappa shape index (κ2) is 10.1. The minimum atomic E-state index is 0.436. The summed E-state index contributed by atoms with van der Waals surface area (Å²) in [4.78, 5) is 6.96. The smallest absolute Gasteiger partial charge is 0.151 e. The van der Waals surface area contributed by atoms with E-state index in [2.05, 4.69) is 25.1 Å². The van der Waals surface area contributed by atoms with E-state index in [-0.39, 0.29) is 0 Å². The summed E-state index contributed by atoms with van der Waals surface area (Å²) in [6.45, 7) is 2.78. The highest BCUT2D eigenvalue weighted by Crippen LogP contribution is 2.25. The van der Waals surface area contributed by atoms with Crippen LogP contribution in [0.4, 0.5) is 5.82 Å². The molecule has 2 aromatic rings. The topological polar surface area (TPSA) is 59.8 Å². The van der Waals surface area contributed by atoms with Crippen LogP contribution in [0.25, 0.3) is 0 Å². The van der Waals surface area contributed by atoms with E-state index < -0.39 is 0 Å². The summed E-state index contributed by atoms with van der Waals surface area (Å²) in [6, 6.07) is 11.6. The number of rotatable bonds is 8. The van der Waals surface area contributed by atoms with Crippen molar-refractivity contribution in [2.24, 2.45) is 11.1 Å². The third kappa shape index (κ3) is 6.10. The molecule has 27 heavy (non-hydrogen) atoms. The molecule has 0 bridgehead atoms. The summed E-state index contributed by atoms with van der Waals surface area (Å²) >= 11 is 5.80. The van der Waals surface area contributed by atoms with Crippen LogP contribution in [-0.4, -0.2) is 43.2 Å². The zero-order chi connectivity index (χ0) is 18.9. The lowest BCUT2D eigenvalue weighted by atomic mass is 9.92. The van der Waals surface area contributed by atoms with Gasteiger partial charge < -0.3 is 14.5 Å². The van der Waals surface area contributed by atoms with E-state index in [1.807, 2.05) is 30.3 Å². The Morgan fingerprint density at radius 2 is 1.93 bits per heavy atom. The molecule has 1 aromatic heterocycles. The Kier molecular flexibility index (Phi) is 7.27. The van der Waals surface area contributed by atoms with Gasteiger partial charge in [0, 0.05) is 13.1 Å². The maximum atomic E-state index is 5.84. The summed E-state index contributed by atoms with van der Waals surface area (Å²) in [7, 11) is 1.53. The summed E-state index contributed by atoms with van der Waals surface area (Å²) in [5, 5.41) is 12.3. The van der Waals surface area contributed by atoms with Crippen molar-refractivity contribution < 1.29 is 9.57 Å². The predicted molar refractivity (Wildman–Crippen MR) is 108 cm³/mol. The summed E-state index contributed by atoms with van der Waals surface area (Å²) in [5.41, 5.74) is 0.987. The molecule has 0 atom stereocenters. The van der Waals surface area contributed by atoms with Gasteiger partial charge in [0.2, 0.25) is 0 Å². The van der Waals surface area contributed by atoms with Crippen LogP contribution in [0.1, 0.15) is 31.2 Å². The van der Waals surface area contributed by atoms with E-state index in [9.17, 15) is 0 Å². The lowest BCUT2D eigenvalue weighted by Gasteiger charge is -2.32. The molecule has 0 radical (unpaired) electrons. The number of hydrogen-bond donors (Lipinski definition) is 0. The molecule has 0 spiro atoms. The minimum absolute atomic E-state index is 0.436. The van der Waals surface area contributed by atoms with Crippen LogP contribution in [0, 0.1) is 5.92 Å². The number of ether oxygens (including phenoxy) is 1. The largest absolute Gasteiger partial charge is 0.494 e. The molecule has 0 saturated carbocycles. The summed E-state index contributed by atoms with van der Waals surface area (Å²) < 4.78 is 5.84. The lowest BCUT2D eigenvalue weighted by Crippen LogP contribution is -2.34. The van der Waals surface area contributed by atoms with Crippen molar-refractivity contribution in [3.63, 3.8) is 0 Å². The number of hydrogen-bond acceptors (Lipinski definition) is 6. The Morgan fingerprint density at radius 1 is 1.15 bits per heavy atom. The third-order valence-corrected chi connectivity index (χ3v) is 4.97. The number of anilines is 1. The fraction of sp³-hybridized carbons (Fsp3) is 0.450. The molecule has 0 unspecified atom stereocenters. The van der Waals surface area contributed by atoms with Gasteiger partial charge in [-0.25, -0.2) is 0 Å². The molecule has 3 rings (SSSR count). The van der Waals surface area contributed by atoms with E-state index >= 15 is 0 Å². The van der Waals surface area contributed by atoms with Crippen molar-refractivity contribution in [3.05, 3.63) is 47.1 Å². The maximum absolute atomic E-state index is 5.84. The second-order valence-corrected chi connectivity index (χ2v) is 7.01. The van der Waals surface area contributed by atoms with Gasteiger partial charge >= 0.3 is 0 Å². The number of oxime groups is 1. The number of benzene rings is 1. The molecular weight excluding hydrogens is 364 g/mol. The van der Waals surface area contributed by atoms with Gasteiger partial charge in [-0.05, 0) is 73.6 Å². The Balaban J connectivity index is 1.33. The highest BCUT2D eigenvalue weighted by Gasteiger charge is 2.20. The van der Waals surface area contributed by atoms with Gasteiger partial charge in [-0.3, -0.25) is 0 Å². The minimum Gasteiger partial charge on any atom is -0.494 e. The van der Waals surface area contributed by atoms with Crippen molar-refractivity contribution >= 4 is 23.6 Å². The first-order valence-electron chi connectivity index (χ1n) is 9.28. The molecule has 1 aromatic carbocycles. The first kappa shape index (κ1) is 19.4. The van der Waals surface area contributed by atoms with Gasteiger partial charge in [0.15, 0.2) is 11.0 Å². The van der Waals surface area contributed by atoms with Crippen LogP contribution < -0.4 is 9.64 Å². The lowest BCUT2D eigenvalue weighted by molar-refractivity contribution is 0.215. The number of aromatic nitrogens is 2. The van der Waals surface area contributed by atoms with E-state index in [1.165, 1.54) is 26.4 Å². The van der Waals surface area contributed by atoms with E-state index in [1.54, 1.807) is 12.3 Å². The molecule has 0 aliphatic carbocycles. The van der Waals surface area contributed by atoms with Gasteiger partial charge in [-0.15, -0.1) is 10.2 Å². The molecule has 1 aliphatic rings. The second-order valence-electron chi connectivity index (χ2n) is 6.62. The molecule has 7 heteroatoms. The van der Waals surface area contributed by atoms with Gasteiger partial charge in [-0.1, -0.05) is 16.8 Å². The summed E-state index contributed by atoms with van der Waals surface area (Å²) in [6.07, 6.45) is 6.29. The molecule has 1 fully saturated rings. The van der Waals surface area contributed by atoms with Gasteiger partial charge in [-0.2, -0.15) is 0 Å². The van der Waals surface area contributed by atoms with Crippen LogP contribution in [0.3, 0.4) is 0 Å². The van der Waals surface area contributed by atoms with Crippen molar-refractivity contribution in [2.75, 3.05) is 31.7 Å². The first-order chi connectivity index (χ1) is 13.2.